The topological polar surface area (TPSA) is 62.2 Å². The second-order valence-electron chi connectivity index (χ2n) is 3.41. The van der Waals surface area contributed by atoms with Gasteiger partial charge in [-0.15, -0.1) is 4.91 Å². The molecule has 6 heteroatoms. The molecule has 0 N–H and O–H groups in total. The summed E-state index contributed by atoms with van der Waals surface area (Å²) in [5.74, 6) is -0.434. The molecule has 1 unspecified atom stereocenters. The lowest BCUT2D eigenvalue weighted by Crippen LogP contribution is -2.49. The fourth-order valence-corrected chi connectivity index (χ4v) is 1.61. The molecule has 1 amide bonds. The predicted molar refractivity (Wildman–Crippen MR) is 52.9 cm³/mol. The van der Waals surface area contributed by atoms with Gasteiger partial charge < -0.3 is 9.64 Å². The van der Waals surface area contributed by atoms with Crippen molar-refractivity contribution in [3.63, 3.8) is 0 Å². The summed E-state index contributed by atoms with van der Waals surface area (Å²) in [5, 5.41) is 2.64. The van der Waals surface area contributed by atoms with Crippen molar-refractivity contribution in [3.05, 3.63) is 4.91 Å². The van der Waals surface area contributed by atoms with Crippen LogP contribution in [-0.2, 0) is 9.53 Å². The molecule has 2 aliphatic rings. The SMILES string of the molecule is [2H]C1([2H])CN(C(=O)C2CCCO2)CC([2H])([2H])N1N=O. The number of rotatable bonds is 2. The number of piperazine rings is 1. The summed E-state index contributed by atoms with van der Waals surface area (Å²) in [6, 6.07) is 0. The Hall–Kier alpha value is -1.17. The van der Waals surface area contributed by atoms with Gasteiger partial charge in [0.05, 0.1) is 23.8 Å². The van der Waals surface area contributed by atoms with Crippen LogP contribution in [0.3, 0.4) is 0 Å². The van der Waals surface area contributed by atoms with E-state index >= 15 is 0 Å². The second kappa shape index (κ2) is 4.57. The van der Waals surface area contributed by atoms with Gasteiger partial charge in [-0.05, 0) is 12.8 Å². The molecule has 6 nitrogen and oxygen atoms in total. The standard InChI is InChI=1S/C9H15N3O3/c13-9(8-2-1-7-15-8)11-3-5-12(10-14)6-4-11/h8H,1-7H2/i5D2,6D2. The summed E-state index contributed by atoms with van der Waals surface area (Å²) < 4.78 is 35.9. The van der Waals surface area contributed by atoms with Gasteiger partial charge in [-0.1, -0.05) is 0 Å². The zero-order chi connectivity index (χ0) is 14.3. The van der Waals surface area contributed by atoms with E-state index in [1.54, 1.807) is 0 Å². The molecule has 0 aromatic heterocycles. The Balaban J connectivity index is 2.16. The molecule has 2 rings (SSSR count). The molecule has 2 aliphatic heterocycles. The van der Waals surface area contributed by atoms with Crippen LogP contribution in [0.4, 0.5) is 0 Å². The van der Waals surface area contributed by atoms with Gasteiger partial charge in [0.25, 0.3) is 5.91 Å². The van der Waals surface area contributed by atoms with Gasteiger partial charge in [0.1, 0.15) is 6.10 Å². The number of carbonyl (C=O) groups excluding carboxylic acids is 1. The molecule has 0 aromatic rings. The molecule has 0 aromatic carbocycles. The molecular weight excluding hydrogens is 198 g/mol. The zero-order valence-electron chi connectivity index (χ0n) is 12.2. The minimum Gasteiger partial charge on any atom is -0.368 e. The Morgan fingerprint density at radius 3 is 2.73 bits per heavy atom. The fourth-order valence-electron chi connectivity index (χ4n) is 1.61. The first-order valence-corrected chi connectivity index (χ1v) is 4.82. The van der Waals surface area contributed by atoms with Crippen LogP contribution in [0.25, 0.3) is 0 Å². The van der Waals surface area contributed by atoms with Gasteiger partial charge in [0, 0.05) is 19.7 Å². The first kappa shape index (κ1) is 6.42. The third kappa shape index (κ3) is 2.26. The average Bonchev–Trinajstić information content (AvgIpc) is 2.78. The lowest BCUT2D eigenvalue weighted by atomic mass is 10.2. The molecule has 2 fully saturated rings. The van der Waals surface area contributed by atoms with Crippen LogP contribution in [-0.4, -0.2) is 54.6 Å². The molecule has 84 valence electrons. The van der Waals surface area contributed by atoms with Gasteiger partial charge in [0.15, 0.2) is 0 Å². The van der Waals surface area contributed by atoms with E-state index in [0.717, 1.165) is 11.3 Å². The largest absolute Gasteiger partial charge is 0.368 e. The first-order chi connectivity index (χ1) is 8.78. The summed E-state index contributed by atoms with van der Waals surface area (Å²) in [7, 11) is 0. The van der Waals surface area contributed by atoms with Crippen LogP contribution < -0.4 is 0 Å². The number of carbonyl (C=O) groups is 1. The predicted octanol–water partition coefficient (Wildman–Crippen LogP) is -0.00900. The maximum atomic E-state index is 12.1. The van der Waals surface area contributed by atoms with E-state index in [9.17, 15) is 9.70 Å². The van der Waals surface area contributed by atoms with E-state index in [-0.39, 0.29) is 5.01 Å². The highest BCUT2D eigenvalue weighted by molar-refractivity contribution is 5.81. The minimum absolute atomic E-state index is 0.235. The number of hydrogen-bond donors (Lipinski definition) is 0. The van der Waals surface area contributed by atoms with E-state index in [1.165, 1.54) is 0 Å². The molecular formula is C9H15N3O3. The van der Waals surface area contributed by atoms with Crippen LogP contribution in [0.1, 0.15) is 18.3 Å². The monoisotopic (exact) mass is 217 g/mol. The van der Waals surface area contributed by atoms with Crippen molar-refractivity contribution in [1.82, 2.24) is 9.91 Å². The van der Waals surface area contributed by atoms with Crippen molar-refractivity contribution in [3.8, 4) is 0 Å². The summed E-state index contributed by atoms with van der Waals surface area (Å²) in [6.45, 7) is -5.00. The molecule has 2 saturated heterocycles. The molecule has 0 aliphatic carbocycles. The van der Waals surface area contributed by atoms with Gasteiger partial charge in [-0.2, -0.15) is 0 Å². The molecule has 0 bridgehead atoms. The van der Waals surface area contributed by atoms with E-state index in [2.05, 4.69) is 5.29 Å². The lowest BCUT2D eigenvalue weighted by Gasteiger charge is -2.32. The highest BCUT2D eigenvalue weighted by atomic mass is 16.5. The Morgan fingerprint density at radius 1 is 1.47 bits per heavy atom. The zero-order valence-corrected chi connectivity index (χ0v) is 8.18. The maximum absolute atomic E-state index is 12.1. The van der Waals surface area contributed by atoms with E-state index in [0.29, 0.717) is 13.0 Å². The highest BCUT2D eigenvalue weighted by Crippen LogP contribution is 2.15. The fraction of sp³-hybridized carbons (Fsp3) is 0.889. The molecule has 0 saturated carbocycles. The third-order valence-electron chi connectivity index (χ3n) is 2.42. The van der Waals surface area contributed by atoms with Crippen molar-refractivity contribution in [2.24, 2.45) is 5.29 Å². The number of hydrogen-bond acceptors (Lipinski definition) is 4. The maximum Gasteiger partial charge on any atom is 0.251 e. The summed E-state index contributed by atoms with van der Waals surface area (Å²) in [5.41, 5.74) is 0. The van der Waals surface area contributed by atoms with Crippen LogP contribution in [0.2, 0.25) is 0 Å². The van der Waals surface area contributed by atoms with Crippen molar-refractivity contribution < 1.29 is 15.0 Å². The number of ether oxygens (including phenoxy) is 1. The van der Waals surface area contributed by atoms with Crippen LogP contribution in [0.15, 0.2) is 5.29 Å². The quantitative estimate of drug-likeness (QED) is 0.610. The van der Waals surface area contributed by atoms with Gasteiger partial charge in [-0.3, -0.25) is 9.80 Å². The Labute approximate surface area is 93.7 Å². The first-order valence-electron chi connectivity index (χ1n) is 6.82. The van der Waals surface area contributed by atoms with Gasteiger partial charge in [0.2, 0.25) is 0 Å². The van der Waals surface area contributed by atoms with Crippen LogP contribution >= 0.6 is 0 Å². The van der Waals surface area contributed by atoms with Crippen molar-refractivity contribution in [2.45, 2.75) is 18.9 Å². The number of amides is 1. The van der Waals surface area contributed by atoms with E-state index in [1.807, 2.05) is 0 Å². The highest BCUT2D eigenvalue weighted by Gasteiger charge is 2.30. The van der Waals surface area contributed by atoms with E-state index < -0.39 is 38.1 Å². The smallest absolute Gasteiger partial charge is 0.251 e. The second-order valence-corrected chi connectivity index (χ2v) is 3.41. The van der Waals surface area contributed by atoms with Gasteiger partial charge >= 0.3 is 0 Å². The Morgan fingerprint density at radius 2 is 2.20 bits per heavy atom. The summed E-state index contributed by atoms with van der Waals surface area (Å²) in [6.07, 6.45) is 0.672. The average molecular weight is 217 g/mol. The lowest BCUT2D eigenvalue weighted by molar-refractivity contribution is -0.142. The van der Waals surface area contributed by atoms with Gasteiger partial charge in [-0.25, -0.2) is 0 Å². The van der Waals surface area contributed by atoms with Crippen molar-refractivity contribution >= 4 is 5.91 Å². The van der Waals surface area contributed by atoms with E-state index in [4.69, 9.17) is 10.2 Å². The van der Waals surface area contributed by atoms with Crippen LogP contribution in [0, 0.1) is 4.91 Å². The number of nitroso groups, excluding NO2 is 1. The minimum atomic E-state index is -2.34. The van der Waals surface area contributed by atoms with Crippen molar-refractivity contribution in [1.29, 1.82) is 0 Å². The molecule has 0 spiro atoms. The normalized spacial score (nSPS) is 37.5. The number of nitrogens with zero attached hydrogens (tertiary/aromatic N) is 3. The Bertz CT molecular complexity index is 369. The summed E-state index contributed by atoms with van der Waals surface area (Å²) >= 11 is 0. The molecule has 0 radical (unpaired) electrons. The van der Waals surface area contributed by atoms with Crippen molar-refractivity contribution in [2.75, 3.05) is 32.7 Å². The van der Waals surface area contributed by atoms with Crippen LogP contribution in [0.5, 0.6) is 0 Å². The Kier molecular flexibility index (Phi) is 1.95. The molecule has 15 heavy (non-hydrogen) atoms. The third-order valence-corrected chi connectivity index (χ3v) is 2.42. The molecule has 1 atom stereocenters. The summed E-state index contributed by atoms with van der Waals surface area (Å²) in [4.78, 5) is 23.8. The molecule has 2 heterocycles.